The van der Waals surface area contributed by atoms with E-state index in [4.69, 9.17) is 0 Å². The van der Waals surface area contributed by atoms with Crippen molar-refractivity contribution >= 4 is 0 Å². The summed E-state index contributed by atoms with van der Waals surface area (Å²) in [5, 5.41) is 0. The molecule has 0 aliphatic carbocycles. The quantitative estimate of drug-likeness (QED) is 0.546. The number of allylic oxidation sites excluding steroid dienone is 5. The van der Waals surface area contributed by atoms with Crippen LogP contribution in [0.15, 0.2) is 35.5 Å². The Kier molecular flexibility index (Phi) is 4.19. The summed E-state index contributed by atoms with van der Waals surface area (Å²) in [4.78, 5) is 0. The van der Waals surface area contributed by atoms with Crippen LogP contribution < -0.4 is 0 Å². The summed E-state index contributed by atoms with van der Waals surface area (Å²) in [7, 11) is 0. The van der Waals surface area contributed by atoms with Gasteiger partial charge in [0.1, 0.15) is 0 Å². The molecule has 0 heteroatoms. The van der Waals surface area contributed by atoms with Gasteiger partial charge in [-0.1, -0.05) is 45.1 Å². The van der Waals surface area contributed by atoms with Crippen LogP contribution in [-0.2, 0) is 0 Å². The van der Waals surface area contributed by atoms with E-state index in [0.29, 0.717) is 0 Å². The zero-order valence-electron chi connectivity index (χ0n) is 9.86. The third-order valence-electron chi connectivity index (χ3n) is 2.41. The van der Waals surface area contributed by atoms with Gasteiger partial charge < -0.3 is 0 Å². The van der Waals surface area contributed by atoms with Gasteiger partial charge in [0.15, 0.2) is 0 Å². The Balaban J connectivity index is 4.69. The van der Waals surface area contributed by atoms with Crippen molar-refractivity contribution in [2.75, 3.05) is 0 Å². The van der Waals surface area contributed by atoms with Crippen molar-refractivity contribution in [3.8, 4) is 0 Å². The van der Waals surface area contributed by atoms with E-state index in [-0.39, 0.29) is 5.41 Å². The van der Waals surface area contributed by atoms with Gasteiger partial charge in [0, 0.05) is 0 Å². The van der Waals surface area contributed by atoms with Crippen molar-refractivity contribution in [1.29, 1.82) is 0 Å². The number of hydrogen-bond donors (Lipinski definition) is 0. The Morgan fingerprint density at radius 1 is 1.08 bits per heavy atom. The second kappa shape index (κ2) is 4.45. The minimum Gasteiger partial charge on any atom is -0.0953 e. The molecule has 0 aliphatic rings. The molecule has 0 aliphatic heterocycles. The Hall–Kier alpha value is -0.780. The Bertz CT molecular complexity index is 244. The molecule has 0 atom stereocenters. The molecule has 74 valence electrons. The van der Waals surface area contributed by atoms with Crippen molar-refractivity contribution in [1.82, 2.24) is 0 Å². The third kappa shape index (κ3) is 4.12. The van der Waals surface area contributed by atoms with Gasteiger partial charge in [-0.15, -0.1) is 0 Å². The van der Waals surface area contributed by atoms with E-state index in [0.717, 1.165) is 0 Å². The number of rotatable bonds is 2. The molecule has 0 aromatic rings. The van der Waals surface area contributed by atoms with E-state index in [1.807, 2.05) is 0 Å². The van der Waals surface area contributed by atoms with Gasteiger partial charge in [-0.2, -0.15) is 0 Å². The second-order valence-corrected chi connectivity index (χ2v) is 4.57. The molecule has 13 heavy (non-hydrogen) atoms. The standard InChI is InChI=1S/C13H22/c1-8-10(2)11(3)9-12(4)13(5,6)7/h8-9H,4H2,1-3,5-7H3/b10-8-,11-9-. The predicted octanol–water partition coefficient (Wildman–Crippen LogP) is 4.50. The Labute approximate surface area is 83.0 Å². The zero-order chi connectivity index (χ0) is 10.6. The summed E-state index contributed by atoms with van der Waals surface area (Å²) in [6.07, 6.45) is 4.30. The van der Waals surface area contributed by atoms with Gasteiger partial charge in [0.05, 0.1) is 0 Å². The summed E-state index contributed by atoms with van der Waals surface area (Å²) in [5.74, 6) is 0. The largest absolute Gasteiger partial charge is 0.0953 e. The first kappa shape index (κ1) is 12.2. The highest BCUT2D eigenvalue weighted by Gasteiger charge is 2.12. The van der Waals surface area contributed by atoms with Crippen LogP contribution in [0.25, 0.3) is 0 Å². The summed E-state index contributed by atoms with van der Waals surface area (Å²) >= 11 is 0. The van der Waals surface area contributed by atoms with Gasteiger partial charge in [-0.05, 0) is 37.3 Å². The van der Waals surface area contributed by atoms with Gasteiger partial charge in [0.2, 0.25) is 0 Å². The van der Waals surface area contributed by atoms with Crippen molar-refractivity contribution < 1.29 is 0 Å². The maximum absolute atomic E-state index is 4.08. The lowest BCUT2D eigenvalue weighted by Gasteiger charge is -2.19. The molecular weight excluding hydrogens is 156 g/mol. The molecule has 0 aromatic carbocycles. The highest BCUT2D eigenvalue weighted by molar-refractivity contribution is 5.35. The minimum absolute atomic E-state index is 0.176. The fourth-order valence-electron chi connectivity index (χ4n) is 0.819. The summed E-state index contributed by atoms with van der Waals surface area (Å²) in [6, 6.07) is 0. The monoisotopic (exact) mass is 178 g/mol. The molecule has 0 bridgehead atoms. The average molecular weight is 178 g/mol. The first-order valence-corrected chi connectivity index (χ1v) is 4.80. The fourth-order valence-corrected chi connectivity index (χ4v) is 0.819. The first-order chi connectivity index (χ1) is 5.79. The van der Waals surface area contributed by atoms with Crippen LogP contribution >= 0.6 is 0 Å². The van der Waals surface area contributed by atoms with Gasteiger partial charge in [0.25, 0.3) is 0 Å². The molecule has 0 nitrogen and oxygen atoms in total. The molecule has 0 spiro atoms. The van der Waals surface area contributed by atoms with Crippen LogP contribution in [0.4, 0.5) is 0 Å². The highest BCUT2D eigenvalue weighted by atomic mass is 14.2. The van der Waals surface area contributed by atoms with Crippen molar-refractivity contribution in [3.63, 3.8) is 0 Å². The maximum atomic E-state index is 4.08. The molecule has 0 radical (unpaired) electrons. The summed E-state index contributed by atoms with van der Waals surface area (Å²) < 4.78 is 0. The molecule has 0 amide bonds. The molecular formula is C13H22. The van der Waals surface area contributed by atoms with Crippen LogP contribution in [0.3, 0.4) is 0 Å². The first-order valence-electron chi connectivity index (χ1n) is 4.80. The average Bonchev–Trinajstić information content (AvgIpc) is 2.01. The fraction of sp³-hybridized carbons (Fsp3) is 0.538. The van der Waals surface area contributed by atoms with Crippen LogP contribution in [0.5, 0.6) is 0 Å². The summed E-state index contributed by atoms with van der Waals surface area (Å²) in [5.41, 5.74) is 3.99. The van der Waals surface area contributed by atoms with Crippen LogP contribution in [0.2, 0.25) is 0 Å². The second-order valence-electron chi connectivity index (χ2n) is 4.57. The molecule has 0 heterocycles. The smallest absolute Gasteiger partial charge is 0.0138 e. The topological polar surface area (TPSA) is 0 Å². The van der Waals surface area contributed by atoms with E-state index >= 15 is 0 Å². The lowest BCUT2D eigenvalue weighted by molar-refractivity contribution is 0.518. The van der Waals surface area contributed by atoms with E-state index in [2.05, 4.69) is 60.3 Å². The Morgan fingerprint density at radius 2 is 1.54 bits per heavy atom. The number of hydrogen-bond acceptors (Lipinski definition) is 0. The highest BCUT2D eigenvalue weighted by Crippen LogP contribution is 2.26. The van der Waals surface area contributed by atoms with E-state index in [1.54, 1.807) is 0 Å². The normalized spacial score (nSPS) is 14.6. The van der Waals surface area contributed by atoms with Gasteiger partial charge in [-0.3, -0.25) is 0 Å². The molecule has 0 rings (SSSR count). The van der Waals surface area contributed by atoms with Gasteiger partial charge in [-0.25, -0.2) is 0 Å². The lowest BCUT2D eigenvalue weighted by atomic mass is 9.86. The third-order valence-corrected chi connectivity index (χ3v) is 2.41. The predicted molar refractivity (Wildman–Crippen MR) is 61.8 cm³/mol. The van der Waals surface area contributed by atoms with Crippen LogP contribution in [0, 0.1) is 5.41 Å². The van der Waals surface area contributed by atoms with Crippen molar-refractivity contribution in [2.24, 2.45) is 5.41 Å². The lowest BCUT2D eigenvalue weighted by Crippen LogP contribution is -2.06. The van der Waals surface area contributed by atoms with Crippen LogP contribution in [0.1, 0.15) is 41.5 Å². The molecule has 0 fully saturated rings. The molecule has 0 saturated carbocycles. The van der Waals surface area contributed by atoms with E-state index in [1.165, 1.54) is 16.7 Å². The van der Waals surface area contributed by atoms with Crippen molar-refractivity contribution in [2.45, 2.75) is 41.5 Å². The van der Waals surface area contributed by atoms with Crippen LogP contribution in [-0.4, -0.2) is 0 Å². The minimum atomic E-state index is 0.176. The van der Waals surface area contributed by atoms with E-state index < -0.39 is 0 Å². The van der Waals surface area contributed by atoms with Gasteiger partial charge >= 0.3 is 0 Å². The molecule has 0 N–H and O–H groups in total. The maximum Gasteiger partial charge on any atom is -0.0138 e. The van der Waals surface area contributed by atoms with E-state index in [9.17, 15) is 0 Å². The van der Waals surface area contributed by atoms with Crippen molar-refractivity contribution in [3.05, 3.63) is 35.5 Å². The molecule has 0 unspecified atom stereocenters. The summed E-state index contributed by atoms with van der Waals surface area (Å²) in [6.45, 7) is 17.0. The Morgan fingerprint density at radius 3 is 1.85 bits per heavy atom. The zero-order valence-corrected chi connectivity index (χ0v) is 9.86. The molecule has 0 aromatic heterocycles. The molecule has 0 saturated heterocycles. The SMILES string of the molecule is C=C(/C=C(C)\C(C)=C/C)C(C)(C)C.